The van der Waals surface area contributed by atoms with Crippen LogP contribution in [-0.2, 0) is 19.0 Å². The highest BCUT2D eigenvalue weighted by molar-refractivity contribution is 9.10. The maximum Gasteiger partial charge on any atom is 0.339 e. The molecule has 2 saturated heterocycles. The summed E-state index contributed by atoms with van der Waals surface area (Å²) in [4.78, 5) is 23.9. The van der Waals surface area contributed by atoms with E-state index in [1.165, 1.54) is 7.11 Å². The molecule has 2 aliphatic rings. The van der Waals surface area contributed by atoms with Gasteiger partial charge in [-0.25, -0.2) is 4.79 Å². The molecule has 2 aliphatic heterocycles. The Labute approximate surface area is 149 Å². The molecule has 1 aromatic carbocycles. The minimum Gasteiger partial charge on any atom is -0.465 e. The number of carbonyl (C=O) groups excluding carboxylic acids is 2. The molecule has 2 heterocycles. The Morgan fingerprint density at radius 1 is 1.25 bits per heavy atom. The Hall–Kier alpha value is -1.44. The molecule has 3 rings (SSSR count). The molecular weight excluding hydrogens is 378 g/mol. The SMILES string of the molecule is COC(=O)c1ccc(NC(=O)C2CCC(C3CCCO3)O2)cc1Br. The average molecular weight is 398 g/mol. The first-order valence-corrected chi connectivity index (χ1v) is 8.83. The van der Waals surface area contributed by atoms with E-state index in [0.29, 0.717) is 22.1 Å². The van der Waals surface area contributed by atoms with Gasteiger partial charge in [-0.2, -0.15) is 0 Å². The molecule has 0 bridgehead atoms. The first-order valence-electron chi connectivity index (χ1n) is 8.04. The van der Waals surface area contributed by atoms with Crippen LogP contribution < -0.4 is 5.32 Å². The second-order valence-corrected chi connectivity index (χ2v) is 6.82. The Bertz CT molecular complexity index is 629. The van der Waals surface area contributed by atoms with Crippen molar-refractivity contribution in [3.8, 4) is 0 Å². The zero-order valence-corrected chi connectivity index (χ0v) is 15.0. The fourth-order valence-electron chi connectivity index (χ4n) is 3.12. The monoisotopic (exact) mass is 397 g/mol. The molecule has 1 aromatic rings. The van der Waals surface area contributed by atoms with Crippen LogP contribution in [0.1, 0.15) is 36.0 Å². The van der Waals surface area contributed by atoms with Crippen LogP contribution in [0, 0.1) is 0 Å². The number of halogens is 1. The number of nitrogens with one attached hydrogen (secondary N) is 1. The van der Waals surface area contributed by atoms with Crippen molar-refractivity contribution in [3.05, 3.63) is 28.2 Å². The molecule has 3 atom stereocenters. The number of carbonyl (C=O) groups is 2. The van der Waals surface area contributed by atoms with Crippen LogP contribution in [-0.4, -0.2) is 43.9 Å². The zero-order chi connectivity index (χ0) is 17.1. The number of ether oxygens (including phenoxy) is 3. The van der Waals surface area contributed by atoms with Crippen molar-refractivity contribution >= 4 is 33.5 Å². The van der Waals surface area contributed by atoms with Gasteiger partial charge in [-0.3, -0.25) is 4.79 Å². The summed E-state index contributed by atoms with van der Waals surface area (Å²) >= 11 is 3.32. The first-order chi connectivity index (χ1) is 11.6. The van der Waals surface area contributed by atoms with Crippen LogP contribution in [0.25, 0.3) is 0 Å². The zero-order valence-electron chi connectivity index (χ0n) is 13.4. The fraction of sp³-hybridized carbons (Fsp3) is 0.529. The predicted octanol–water partition coefficient (Wildman–Crippen LogP) is 2.90. The summed E-state index contributed by atoms with van der Waals surface area (Å²) in [6.45, 7) is 0.780. The molecule has 0 radical (unpaired) electrons. The Morgan fingerprint density at radius 3 is 2.75 bits per heavy atom. The summed E-state index contributed by atoms with van der Waals surface area (Å²) in [6, 6.07) is 4.95. The van der Waals surface area contributed by atoms with Gasteiger partial charge in [-0.15, -0.1) is 0 Å². The van der Waals surface area contributed by atoms with E-state index in [2.05, 4.69) is 21.2 Å². The molecule has 7 heteroatoms. The molecule has 130 valence electrons. The standard InChI is InChI=1S/C17H20BrNO5/c1-22-17(21)11-5-4-10(9-12(11)18)19-16(20)15-7-6-14(24-15)13-3-2-8-23-13/h4-5,9,13-15H,2-3,6-8H2,1H3,(H,19,20). The lowest BCUT2D eigenvalue weighted by Crippen LogP contribution is -2.31. The largest absolute Gasteiger partial charge is 0.465 e. The van der Waals surface area contributed by atoms with Crippen molar-refractivity contribution in [1.82, 2.24) is 0 Å². The topological polar surface area (TPSA) is 73.9 Å². The van der Waals surface area contributed by atoms with Gasteiger partial charge in [0.05, 0.1) is 24.9 Å². The van der Waals surface area contributed by atoms with E-state index in [9.17, 15) is 9.59 Å². The van der Waals surface area contributed by atoms with Crippen LogP contribution in [0.15, 0.2) is 22.7 Å². The minimum atomic E-state index is -0.460. The average Bonchev–Trinajstić information content (AvgIpc) is 3.25. The quantitative estimate of drug-likeness (QED) is 0.790. The summed E-state index contributed by atoms with van der Waals surface area (Å²) in [5.74, 6) is -0.605. The number of benzene rings is 1. The first kappa shape index (κ1) is 17.4. The molecule has 2 fully saturated rings. The fourth-order valence-corrected chi connectivity index (χ4v) is 3.66. The third-order valence-corrected chi connectivity index (χ3v) is 5.02. The molecule has 0 aromatic heterocycles. The lowest BCUT2D eigenvalue weighted by Gasteiger charge is -2.18. The van der Waals surface area contributed by atoms with Gasteiger partial charge < -0.3 is 19.5 Å². The van der Waals surface area contributed by atoms with Crippen molar-refractivity contribution in [2.24, 2.45) is 0 Å². The Kier molecular flexibility index (Phi) is 5.53. The molecule has 1 amide bonds. The summed E-state index contributed by atoms with van der Waals surface area (Å²) in [6.07, 6.45) is 3.26. The lowest BCUT2D eigenvalue weighted by molar-refractivity contribution is -0.129. The normalized spacial score (nSPS) is 26.3. The third-order valence-electron chi connectivity index (χ3n) is 4.37. The van der Waals surface area contributed by atoms with Crippen molar-refractivity contribution in [2.75, 3.05) is 19.0 Å². The van der Waals surface area contributed by atoms with Gasteiger partial charge in [0.25, 0.3) is 5.91 Å². The summed E-state index contributed by atoms with van der Waals surface area (Å²) in [7, 11) is 1.33. The second-order valence-electron chi connectivity index (χ2n) is 5.97. The summed E-state index contributed by atoms with van der Waals surface area (Å²) in [5, 5.41) is 2.83. The molecule has 6 nitrogen and oxygen atoms in total. The molecule has 0 spiro atoms. The van der Waals surface area contributed by atoms with Crippen LogP contribution in [0.2, 0.25) is 0 Å². The number of amides is 1. The van der Waals surface area contributed by atoms with E-state index < -0.39 is 12.1 Å². The highest BCUT2D eigenvalue weighted by Gasteiger charge is 2.37. The number of hydrogen-bond donors (Lipinski definition) is 1. The minimum absolute atomic E-state index is 0.0108. The van der Waals surface area contributed by atoms with Gasteiger partial charge in [-0.05, 0) is 59.8 Å². The maximum atomic E-state index is 12.4. The van der Waals surface area contributed by atoms with E-state index in [1.807, 2.05) is 0 Å². The van der Waals surface area contributed by atoms with E-state index in [1.54, 1.807) is 18.2 Å². The van der Waals surface area contributed by atoms with Gasteiger partial charge in [0.2, 0.25) is 0 Å². The van der Waals surface area contributed by atoms with E-state index in [4.69, 9.17) is 14.2 Å². The third kappa shape index (κ3) is 3.79. The number of methoxy groups -OCH3 is 1. The van der Waals surface area contributed by atoms with Crippen LogP contribution >= 0.6 is 15.9 Å². The van der Waals surface area contributed by atoms with Crippen LogP contribution in [0.3, 0.4) is 0 Å². The number of rotatable bonds is 4. The number of esters is 1. The molecule has 24 heavy (non-hydrogen) atoms. The smallest absolute Gasteiger partial charge is 0.339 e. The maximum absolute atomic E-state index is 12.4. The van der Waals surface area contributed by atoms with Gasteiger partial charge in [0.1, 0.15) is 6.10 Å². The summed E-state index contributed by atoms with van der Waals surface area (Å²) < 4.78 is 16.8. The van der Waals surface area contributed by atoms with Gasteiger partial charge in [0, 0.05) is 16.8 Å². The molecule has 3 unspecified atom stereocenters. The van der Waals surface area contributed by atoms with E-state index in [-0.39, 0.29) is 18.1 Å². The molecule has 0 saturated carbocycles. The van der Waals surface area contributed by atoms with Crippen molar-refractivity contribution < 1.29 is 23.8 Å². The number of anilines is 1. The number of hydrogen-bond acceptors (Lipinski definition) is 5. The molecule has 1 N–H and O–H groups in total. The van der Waals surface area contributed by atoms with Gasteiger partial charge in [-0.1, -0.05) is 0 Å². The van der Waals surface area contributed by atoms with Gasteiger partial charge >= 0.3 is 5.97 Å². The molecular formula is C17H20BrNO5. The molecule has 0 aliphatic carbocycles. The van der Waals surface area contributed by atoms with Crippen LogP contribution in [0.4, 0.5) is 5.69 Å². The summed E-state index contributed by atoms with van der Waals surface area (Å²) in [5.41, 5.74) is 1.01. The predicted molar refractivity (Wildman–Crippen MR) is 91.0 cm³/mol. The van der Waals surface area contributed by atoms with E-state index >= 15 is 0 Å². The van der Waals surface area contributed by atoms with Crippen LogP contribution in [0.5, 0.6) is 0 Å². The highest BCUT2D eigenvalue weighted by atomic mass is 79.9. The van der Waals surface area contributed by atoms with E-state index in [0.717, 1.165) is 25.9 Å². The van der Waals surface area contributed by atoms with Gasteiger partial charge in [0.15, 0.2) is 0 Å². The Morgan fingerprint density at radius 2 is 2.08 bits per heavy atom. The van der Waals surface area contributed by atoms with Crippen molar-refractivity contribution in [2.45, 2.75) is 44.0 Å². The highest BCUT2D eigenvalue weighted by Crippen LogP contribution is 2.29. The lowest BCUT2D eigenvalue weighted by atomic mass is 10.1. The van der Waals surface area contributed by atoms with Crippen molar-refractivity contribution in [1.29, 1.82) is 0 Å². The van der Waals surface area contributed by atoms with Crippen molar-refractivity contribution in [3.63, 3.8) is 0 Å². The Balaban J connectivity index is 1.59. The second kappa shape index (κ2) is 7.63.